The third-order valence-corrected chi connectivity index (χ3v) is 11.5. The molecule has 0 amide bonds. The van der Waals surface area contributed by atoms with Gasteiger partial charge in [-0.15, -0.1) is 23.5 Å². The quantitative estimate of drug-likeness (QED) is 0.0292. The van der Waals surface area contributed by atoms with Crippen LogP contribution in [0.5, 0.6) is 11.5 Å². The van der Waals surface area contributed by atoms with E-state index in [2.05, 4.69) is 0 Å². The van der Waals surface area contributed by atoms with Crippen LogP contribution in [0.3, 0.4) is 0 Å². The summed E-state index contributed by atoms with van der Waals surface area (Å²) < 4.78 is 355. The number of hydrogen-bond acceptors (Lipinski definition) is 6. The van der Waals surface area contributed by atoms with Crippen LogP contribution in [0.4, 0.5) is 114 Å². The Bertz CT molecular complexity index is 1880. The first-order valence-corrected chi connectivity index (χ1v) is 21.2. The number of esters is 2. The molecular weight excluding hydrogens is 1080 g/mol. The molecule has 402 valence electrons. The van der Waals surface area contributed by atoms with Crippen molar-refractivity contribution in [1.82, 2.24) is 0 Å². The van der Waals surface area contributed by atoms with E-state index in [0.717, 1.165) is 48.5 Å². The normalized spacial score (nSPS) is 14.5. The Morgan fingerprint density at radius 1 is 0.343 bits per heavy atom. The first kappa shape index (κ1) is 62.4. The van der Waals surface area contributed by atoms with Gasteiger partial charge in [0.25, 0.3) is 0 Å². The minimum absolute atomic E-state index is 0.0874. The third kappa shape index (κ3) is 13.3. The Morgan fingerprint density at radius 2 is 0.586 bits per heavy atom. The van der Waals surface area contributed by atoms with Crippen molar-refractivity contribution in [3.05, 3.63) is 48.5 Å². The molecule has 0 saturated carbocycles. The van der Waals surface area contributed by atoms with Gasteiger partial charge in [0, 0.05) is 47.0 Å². The monoisotopic (exact) mass is 1110 g/mol. The molecule has 0 atom stereocenters. The summed E-state index contributed by atoms with van der Waals surface area (Å²) in [7, 11) is 0. The Kier molecular flexibility index (Phi) is 19.8. The van der Waals surface area contributed by atoms with Gasteiger partial charge in [-0.3, -0.25) is 9.59 Å². The van der Waals surface area contributed by atoms with Crippen molar-refractivity contribution in [2.75, 3.05) is 11.5 Å². The summed E-state index contributed by atoms with van der Waals surface area (Å²) in [4.78, 5) is 24.1. The van der Waals surface area contributed by atoms with E-state index in [4.69, 9.17) is 9.47 Å². The molecule has 0 heterocycles. The second kappa shape index (κ2) is 22.2. The van der Waals surface area contributed by atoms with Gasteiger partial charge in [0.2, 0.25) is 0 Å². The van der Waals surface area contributed by atoms with Crippen LogP contribution in [0.1, 0.15) is 64.2 Å². The Balaban J connectivity index is 1.71. The molecule has 0 aliphatic heterocycles. The summed E-state index contributed by atoms with van der Waals surface area (Å²) in [5, 5.41) is 0. The highest BCUT2D eigenvalue weighted by Gasteiger charge is 2.92. The minimum atomic E-state index is -8.00. The Hall–Kier alpha value is -3.74. The highest BCUT2D eigenvalue weighted by atomic mass is 32.2. The molecular formula is C38H32F26O4S2. The summed E-state index contributed by atoms with van der Waals surface area (Å²) in [6, 6.07) is 8.42. The summed E-state index contributed by atoms with van der Waals surface area (Å²) in [6.45, 7) is 0. The van der Waals surface area contributed by atoms with E-state index in [1.165, 1.54) is 0 Å². The molecule has 0 aromatic heterocycles. The fourth-order valence-electron chi connectivity index (χ4n) is 5.33. The zero-order chi connectivity index (χ0) is 54.4. The second-order valence-corrected chi connectivity index (χ2v) is 17.0. The van der Waals surface area contributed by atoms with Crippen LogP contribution in [0.15, 0.2) is 58.3 Å². The first-order valence-electron chi connectivity index (χ1n) is 19.2. The Labute approximate surface area is 385 Å². The summed E-state index contributed by atoms with van der Waals surface area (Å²) in [5.74, 6) is -79.0. The second-order valence-electron chi connectivity index (χ2n) is 14.7. The number of thioether (sulfide) groups is 2. The van der Waals surface area contributed by atoms with Gasteiger partial charge in [0.15, 0.2) is 0 Å². The number of halogens is 26. The lowest BCUT2D eigenvalue weighted by molar-refractivity contribution is -0.439. The van der Waals surface area contributed by atoms with Crippen LogP contribution in [0, 0.1) is 0 Å². The van der Waals surface area contributed by atoms with Crippen molar-refractivity contribution < 1.29 is 133 Å². The maximum absolute atomic E-state index is 14.0. The number of ether oxygens (including phenoxy) is 2. The molecule has 0 bridgehead atoms. The third-order valence-electron chi connectivity index (χ3n) is 9.49. The molecule has 0 spiro atoms. The van der Waals surface area contributed by atoms with E-state index in [1.807, 2.05) is 0 Å². The number of hydrogen-bond donors (Lipinski definition) is 0. The highest BCUT2D eigenvalue weighted by molar-refractivity contribution is 7.99. The van der Waals surface area contributed by atoms with Crippen molar-refractivity contribution in [3.8, 4) is 11.5 Å². The lowest BCUT2D eigenvalue weighted by Gasteiger charge is -2.39. The van der Waals surface area contributed by atoms with Crippen molar-refractivity contribution in [2.45, 2.75) is 146 Å². The van der Waals surface area contributed by atoms with E-state index in [9.17, 15) is 124 Å². The first-order chi connectivity index (χ1) is 31.4. The van der Waals surface area contributed by atoms with Crippen molar-refractivity contribution in [1.29, 1.82) is 0 Å². The predicted molar refractivity (Wildman–Crippen MR) is 193 cm³/mol. The summed E-state index contributed by atoms with van der Waals surface area (Å²) in [5.41, 5.74) is 0. The average molecular weight is 1110 g/mol. The van der Waals surface area contributed by atoms with Crippen LogP contribution < -0.4 is 9.47 Å². The van der Waals surface area contributed by atoms with E-state index in [1.54, 1.807) is 0 Å². The SMILES string of the molecule is O=C(CCCCCCCCC(=O)Oc1ccc(SCCC(F)(F)C(F)(F)C(F)(F)C(F)(F)C(F)(F)C(F)(F)F)cc1)Oc1ccc(SCCC(F)(F)C(F)(F)C(F)(F)C(F)(F)C(F)(F)C(F)(F)F)cc1. The molecule has 0 saturated heterocycles. The minimum Gasteiger partial charge on any atom is -0.427 e. The molecule has 70 heavy (non-hydrogen) atoms. The molecule has 0 N–H and O–H groups in total. The summed E-state index contributed by atoms with van der Waals surface area (Å²) >= 11 is 0.427. The number of carbonyl (C=O) groups excluding carboxylic acids is 2. The number of unbranched alkanes of at least 4 members (excludes halogenated alkanes) is 5. The van der Waals surface area contributed by atoms with Gasteiger partial charge >= 0.3 is 83.5 Å². The lowest BCUT2D eigenvalue weighted by atomic mass is 9.93. The van der Waals surface area contributed by atoms with Crippen LogP contribution in [0.25, 0.3) is 0 Å². The lowest BCUT2D eigenvalue weighted by Crippen LogP contribution is -2.70. The van der Waals surface area contributed by atoms with Crippen molar-refractivity contribution in [2.24, 2.45) is 0 Å². The van der Waals surface area contributed by atoms with Crippen LogP contribution in [-0.2, 0) is 9.59 Å². The van der Waals surface area contributed by atoms with E-state index < -0.39 is 108 Å². The zero-order valence-electron chi connectivity index (χ0n) is 34.4. The van der Waals surface area contributed by atoms with E-state index >= 15 is 0 Å². The van der Waals surface area contributed by atoms with Crippen molar-refractivity contribution in [3.63, 3.8) is 0 Å². The standard InChI is InChI=1S/C38H32F26O4S2/c39-27(40,29(43,44)31(47,48)33(51,52)35(55,56)37(59,60)61)17-19-69-23-13-9-21(10-14-23)67-25(65)7-5-3-1-2-4-6-8-26(66)68-22-11-15-24(16-12-22)70-20-18-28(41,42)30(45,46)32(49,50)34(53,54)36(57,58)38(62,63)64/h9-16H,1-8,17-20H2. The molecule has 2 aromatic carbocycles. The number of rotatable bonds is 27. The topological polar surface area (TPSA) is 52.6 Å². The van der Waals surface area contributed by atoms with Gasteiger partial charge in [-0.05, 0) is 61.4 Å². The summed E-state index contributed by atoms with van der Waals surface area (Å²) in [6.07, 6.45) is -17.5. The predicted octanol–water partition coefficient (Wildman–Crippen LogP) is 15.8. The number of alkyl halides is 26. The largest absolute Gasteiger partial charge is 0.460 e. The maximum Gasteiger partial charge on any atom is 0.460 e. The number of benzene rings is 2. The van der Waals surface area contributed by atoms with Gasteiger partial charge in [-0.2, -0.15) is 114 Å². The highest BCUT2D eigenvalue weighted by Crippen LogP contribution is 2.62. The molecule has 0 aliphatic rings. The van der Waals surface area contributed by atoms with Gasteiger partial charge in [0.05, 0.1) is 0 Å². The molecule has 4 nitrogen and oxygen atoms in total. The molecule has 0 unspecified atom stereocenters. The molecule has 2 aromatic rings. The average Bonchev–Trinajstić information content (AvgIpc) is 3.21. The fourth-order valence-corrected chi connectivity index (χ4v) is 7.18. The molecule has 32 heteroatoms. The van der Waals surface area contributed by atoms with Crippen LogP contribution in [0.2, 0.25) is 0 Å². The molecule has 0 fully saturated rings. The van der Waals surface area contributed by atoms with Gasteiger partial charge in [0.1, 0.15) is 11.5 Å². The fraction of sp³-hybridized carbons (Fsp3) is 0.632. The maximum atomic E-state index is 14.0. The van der Waals surface area contributed by atoms with Gasteiger partial charge < -0.3 is 9.47 Å². The molecule has 0 aliphatic carbocycles. The number of carbonyl (C=O) groups is 2. The zero-order valence-corrected chi connectivity index (χ0v) is 36.0. The van der Waals surface area contributed by atoms with Crippen LogP contribution in [-0.4, -0.2) is 95.0 Å². The van der Waals surface area contributed by atoms with Crippen molar-refractivity contribution >= 4 is 35.5 Å². The van der Waals surface area contributed by atoms with Gasteiger partial charge in [-0.1, -0.05) is 25.7 Å². The smallest absolute Gasteiger partial charge is 0.427 e. The van der Waals surface area contributed by atoms with Crippen LogP contribution >= 0.6 is 23.5 Å². The molecule has 0 radical (unpaired) electrons. The molecule has 2 rings (SSSR count). The van der Waals surface area contributed by atoms with E-state index in [-0.39, 0.29) is 70.5 Å². The van der Waals surface area contributed by atoms with E-state index in [0.29, 0.717) is 25.7 Å². The van der Waals surface area contributed by atoms with Gasteiger partial charge in [-0.25, -0.2) is 0 Å². The Morgan fingerprint density at radius 3 is 0.843 bits per heavy atom.